The average Bonchev–Trinajstić information content (AvgIpc) is 3.33. The number of aliphatic carboxylic acids is 1. The molecule has 2 atom stereocenters. The maximum Gasteiger partial charge on any atom is 0.361 e. The van der Waals surface area contributed by atoms with E-state index in [-0.39, 0.29) is 32.2 Å². The summed E-state index contributed by atoms with van der Waals surface area (Å²) in [6, 6.07) is 0. The first-order valence-corrected chi connectivity index (χ1v) is 30.0. The number of carboxylic acid groups (broad SMARTS) is 1. The molecule has 70 heavy (non-hydrogen) atoms. The number of nitrogens with zero attached hydrogens (tertiary/aromatic N) is 1. The third kappa shape index (κ3) is 53.6. The minimum Gasteiger partial charge on any atom is -0.477 e. The highest BCUT2D eigenvalue weighted by Gasteiger charge is 2.25. The third-order valence-electron chi connectivity index (χ3n) is 13.4. The fourth-order valence-electron chi connectivity index (χ4n) is 8.77. The molecule has 0 heterocycles. The molecule has 0 saturated heterocycles. The summed E-state index contributed by atoms with van der Waals surface area (Å²) < 4.78 is 22.9. The number of likely N-dealkylation sites (N-methyl/N-ethyl adjacent to an activating group) is 1. The van der Waals surface area contributed by atoms with Crippen molar-refractivity contribution in [1.29, 1.82) is 0 Å². The van der Waals surface area contributed by atoms with Crippen LogP contribution in [0.5, 0.6) is 0 Å². The first-order chi connectivity index (χ1) is 34.1. The van der Waals surface area contributed by atoms with Crippen LogP contribution in [-0.2, 0) is 33.3 Å². The average molecular weight is 992 g/mol. The van der Waals surface area contributed by atoms with Crippen molar-refractivity contribution in [2.75, 3.05) is 47.5 Å². The second-order valence-corrected chi connectivity index (χ2v) is 21.7. The molecule has 0 aromatic rings. The topological polar surface area (TPSA) is 108 Å². The van der Waals surface area contributed by atoms with Crippen LogP contribution in [0, 0.1) is 0 Å². The molecule has 9 nitrogen and oxygen atoms in total. The Balaban J connectivity index is 4.08. The number of hydrogen-bond donors (Lipinski definition) is 1. The number of allylic oxidation sites excluding steroid dienone is 4. The molecule has 0 fully saturated rings. The summed E-state index contributed by atoms with van der Waals surface area (Å²) in [5.74, 6) is -2.00. The molecule has 0 saturated carbocycles. The largest absolute Gasteiger partial charge is 0.477 e. The monoisotopic (exact) mass is 991 g/mol. The second kappa shape index (κ2) is 53.1. The van der Waals surface area contributed by atoms with Crippen LogP contribution >= 0.6 is 0 Å². The van der Waals surface area contributed by atoms with Crippen molar-refractivity contribution in [3.8, 4) is 0 Å². The van der Waals surface area contributed by atoms with Gasteiger partial charge in [0.25, 0.3) is 6.29 Å². The smallest absolute Gasteiger partial charge is 0.361 e. The van der Waals surface area contributed by atoms with E-state index < -0.39 is 24.3 Å². The van der Waals surface area contributed by atoms with Gasteiger partial charge in [-0.1, -0.05) is 237 Å². The molecule has 0 aromatic carbocycles. The number of rotatable bonds is 56. The molecule has 0 amide bonds. The van der Waals surface area contributed by atoms with Gasteiger partial charge in [-0.2, -0.15) is 0 Å². The fourth-order valence-corrected chi connectivity index (χ4v) is 8.77. The minimum atomic E-state index is -1.51. The van der Waals surface area contributed by atoms with Gasteiger partial charge in [0.05, 0.1) is 34.4 Å². The minimum absolute atomic E-state index is 0.182. The van der Waals surface area contributed by atoms with E-state index in [1.165, 1.54) is 212 Å². The predicted molar refractivity (Wildman–Crippen MR) is 295 cm³/mol. The van der Waals surface area contributed by atoms with Gasteiger partial charge in [-0.3, -0.25) is 9.59 Å². The lowest BCUT2D eigenvalue weighted by Crippen LogP contribution is -2.40. The molecular formula is C61H116NO8+. The third-order valence-corrected chi connectivity index (χ3v) is 13.4. The van der Waals surface area contributed by atoms with Crippen LogP contribution in [0.2, 0.25) is 0 Å². The van der Waals surface area contributed by atoms with Crippen molar-refractivity contribution in [2.24, 2.45) is 0 Å². The van der Waals surface area contributed by atoms with Crippen molar-refractivity contribution >= 4 is 17.9 Å². The van der Waals surface area contributed by atoms with Gasteiger partial charge in [0.15, 0.2) is 6.10 Å². The van der Waals surface area contributed by atoms with E-state index in [4.69, 9.17) is 18.9 Å². The van der Waals surface area contributed by atoms with Crippen LogP contribution < -0.4 is 0 Å². The fraction of sp³-hybridized carbons (Fsp3) is 0.885. The number of unbranched alkanes of at least 4 members (excludes halogenated alkanes) is 37. The summed E-state index contributed by atoms with van der Waals surface area (Å²) in [7, 11) is 5.97. The Labute approximate surface area is 433 Å². The molecule has 0 bridgehead atoms. The highest BCUT2D eigenvalue weighted by molar-refractivity contribution is 5.71. The molecule has 412 valence electrons. The molecule has 0 rings (SSSR count). The Morgan fingerprint density at radius 1 is 0.414 bits per heavy atom. The van der Waals surface area contributed by atoms with Crippen molar-refractivity contribution in [2.45, 2.75) is 302 Å². The molecule has 1 N–H and O–H groups in total. The van der Waals surface area contributed by atoms with E-state index in [1.807, 2.05) is 21.1 Å². The van der Waals surface area contributed by atoms with Crippen molar-refractivity contribution in [1.82, 2.24) is 0 Å². The highest BCUT2D eigenvalue weighted by atomic mass is 16.7. The van der Waals surface area contributed by atoms with Crippen LogP contribution in [0.25, 0.3) is 0 Å². The van der Waals surface area contributed by atoms with Crippen LogP contribution in [-0.4, -0.2) is 87.4 Å². The van der Waals surface area contributed by atoms with Gasteiger partial charge in [-0.25, -0.2) is 4.79 Å². The van der Waals surface area contributed by atoms with Gasteiger partial charge >= 0.3 is 17.9 Å². The number of ether oxygens (including phenoxy) is 4. The molecule has 0 aliphatic heterocycles. The zero-order chi connectivity index (χ0) is 51.3. The Hall–Kier alpha value is -2.23. The maximum absolute atomic E-state index is 12.9. The Morgan fingerprint density at radius 2 is 0.729 bits per heavy atom. The number of carboxylic acids is 1. The second-order valence-electron chi connectivity index (χ2n) is 21.7. The van der Waals surface area contributed by atoms with Crippen LogP contribution in [0.15, 0.2) is 24.3 Å². The van der Waals surface area contributed by atoms with E-state index in [0.717, 1.165) is 51.4 Å². The zero-order valence-corrected chi connectivity index (χ0v) is 47.0. The lowest BCUT2D eigenvalue weighted by atomic mass is 10.0. The van der Waals surface area contributed by atoms with E-state index in [9.17, 15) is 19.5 Å². The summed E-state index contributed by atoms with van der Waals surface area (Å²) in [6.45, 7) is 4.90. The number of carbonyl (C=O) groups is 3. The van der Waals surface area contributed by atoms with Crippen molar-refractivity contribution < 1.29 is 42.9 Å². The number of hydrogen-bond acceptors (Lipinski definition) is 7. The van der Waals surface area contributed by atoms with Crippen molar-refractivity contribution in [3.05, 3.63) is 24.3 Å². The normalized spacial score (nSPS) is 12.9. The quantitative estimate of drug-likeness (QED) is 0.0211. The molecule has 0 radical (unpaired) electrons. The zero-order valence-electron chi connectivity index (χ0n) is 47.0. The van der Waals surface area contributed by atoms with Crippen LogP contribution in [0.1, 0.15) is 290 Å². The highest BCUT2D eigenvalue weighted by Crippen LogP contribution is 2.17. The summed E-state index contributed by atoms with van der Waals surface area (Å²) in [4.78, 5) is 37.4. The van der Waals surface area contributed by atoms with E-state index in [2.05, 4.69) is 38.2 Å². The SMILES string of the molecule is CCCCCCC/C=C\CCCCCCCC(=O)OCC(COC(OCC[N+](C)(C)C)C(=O)O)OC(=O)CCCCCCCCCCCCCCCCCCCCC/C=C\CCCCCCCCCC. The van der Waals surface area contributed by atoms with Crippen LogP contribution in [0.3, 0.4) is 0 Å². The Kier molecular flexibility index (Phi) is 51.4. The van der Waals surface area contributed by atoms with Gasteiger partial charge in [-0.15, -0.1) is 0 Å². The molecule has 2 unspecified atom stereocenters. The van der Waals surface area contributed by atoms with Gasteiger partial charge in [-0.05, 0) is 64.2 Å². The lowest BCUT2D eigenvalue weighted by Gasteiger charge is -2.25. The molecule has 0 aliphatic carbocycles. The summed E-state index contributed by atoms with van der Waals surface area (Å²) in [5.41, 5.74) is 0. The molecule has 9 heteroatoms. The van der Waals surface area contributed by atoms with Crippen molar-refractivity contribution in [3.63, 3.8) is 0 Å². The van der Waals surface area contributed by atoms with E-state index in [0.29, 0.717) is 17.4 Å². The van der Waals surface area contributed by atoms with E-state index in [1.54, 1.807) is 0 Å². The summed E-state index contributed by atoms with van der Waals surface area (Å²) in [5, 5.41) is 9.69. The first kappa shape index (κ1) is 67.8. The van der Waals surface area contributed by atoms with Gasteiger partial charge in [0, 0.05) is 12.8 Å². The van der Waals surface area contributed by atoms with Gasteiger partial charge < -0.3 is 28.5 Å². The summed E-state index contributed by atoms with van der Waals surface area (Å²) >= 11 is 0. The maximum atomic E-state index is 12.9. The van der Waals surface area contributed by atoms with Gasteiger partial charge in [0.1, 0.15) is 13.2 Å². The first-order valence-electron chi connectivity index (χ1n) is 30.0. The Bertz CT molecular complexity index is 1200. The lowest BCUT2D eigenvalue weighted by molar-refractivity contribution is -0.870. The number of quaternary nitrogens is 1. The molecule has 0 aromatic heterocycles. The molecule has 0 aliphatic rings. The summed E-state index contributed by atoms with van der Waals surface area (Å²) in [6.07, 6.45) is 59.9. The number of carbonyl (C=O) groups excluding carboxylic acids is 2. The standard InChI is InChI=1S/C61H115NO8/c1-6-8-10-12-14-16-18-20-22-23-24-25-26-27-28-29-30-31-32-33-34-35-36-37-38-40-42-44-46-48-50-52-59(64)70-57(56-69-61(60(65)66)67-54-53-62(3,4)5)55-68-58(63)51-49-47-45-43-41-39-21-19-17-15-13-11-9-7-2/h19,21,23-24,57,61H,6-18,20,22,25-56H2,1-5H3/p+1/b21-19-,24-23-. The molecule has 0 spiro atoms. The predicted octanol–water partition coefficient (Wildman–Crippen LogP) is 17.5. The van der Waals surface area contributed by atoms with E-state index >= 15 is 0 Å². The molecular weight excluding hydrogens is 875 g/mol. The van der Waals surface area contributed by atoms with Gasteiger partial charge in [0.2, 0.25) is 0 Å². The number of esters is 2. The Morgan fingerprint density at radius 3 is 1.06 bits per heavy atom. The van der Waals surface area contributed by atoms with Crippen LogP contribution in [0.4, 0.5) is 0 Å².